The summed E-state index contributed by atoms with van der Waals surface area (Å²) < 4.78 is 0. The molecule has 2 fully saturated rings. The zero-order chi connectivity index (χ0) is 13.7. The zero-order valence-corrected chi connectivity index (χ0v) is 11.6. The molecule has 1 amide bonds. The fourth-order valence-corrected chi connectivity index (χ4v) is 3.39. The van der Waals surface area contributed by atoms with Gasteiger partial charge in [-0.25, -0.2) is 4.79 Å². The minimum Gasteiger partial charge on any atom is -0.480 e. The molecular weight excluding hydrogens is 242 g/mol. The van der Waals surface area contributed by atoms with Crippen LogP contribution >= 0.6 is 0 Å². The lowest BCUT2D eigenvalue weighted by Crippen LogP contribution is -2.50. The highest BCUT2D eigenvalue weighted by Gasteiger charge is 2.35. The van der Waals surface area contributed by atoms with Crippen LogP contribution in [-0.4, -0.2) is 34.5 Å². The average molecular weight is 267 g/mol. The summed E-state index contributed by atoms with van der Waals surface area (Å²) in [5.74, 6) is -0.659. The van der Waals surface area contributed by atoms with Gasteiger partial charge in [-0.15, -0.1) is 0 Å². The first-order chi connectivity index (χ1) is 9.20. The molecule has 0 aromatic rings. The van der Waals surface area contributed by atoms with E-state index < -0.39 is 12.0 Å². The molecule has 0 aromatic carbocycles. The van der Waals surface area contributed by atoms with Crippen LogP contribution in [0.15, 0.2) is 0 Å². The number of carbonyl (C=O) groups is 2. The Kier molecular flexibility index (Phi) is 5.23. The maximum atomic E-state index is 12.6. The molecule has 108 valence electrons. The summed E-state index contributed by atoms with van der Waals surface area (Å²) in [5, 5.41) is 9.26. The third-order valence-electron chi connectivity index (χ3n) is 4.53. The summed E-state index contributed by atoms with van der Waals surface area (Å²) >= 11 is 0. The largest absolute Gasteiger partial charge is 0.480 e. The fraction of sp³-hybridized carbons (Fsp3) is 0.867. The van der Waals surface area contributed by atoms with Crippen LogP contribution in [0, 0.1) is 5.92 Å². The van der Waals surface area contributed by atoms with Gasteiger partial charge < -0.3 is 10.0 Å². The number of piperidine rings is 1. The predicted molar refractivity (Wildman–Crippen MR) is 72.8 cm³/mol. The van der Waals surface area contributed by atoms with Crippen LogP contribution in [0.2, 0.25) is 0 Å². The third-order valence-corrected chi connectivity index (χ3v) is 4.53. The molecule has 2 rings (SSSR count). The molecular formula is C15H25NO3. The standard InChI is InChI=1S/C15H25NO3/c17-14(12-8-4-2-1-3-5-9-12)16-11-7-6-10-13(16)15(18)19/h12-13H,1-11H2,(H,18,19)/t13-/m0/s1. The second kappa shape index (κ2) is 6.92. The number of nitrogens with zero attached hydrogens (tertiary/aromatic N) is 1. The second-order valence-electron chi connectivity index (χ2n) is 5.92. The molecule has 1 N–H and O–H groups in total. The predicted octanol–water partition coefficient (Wildman–Crippen LogP) is 2.81. The van der Waals surface area contributed by atoms with Gasteiger partial charge >= 0.3 is 5.97 Å². The molecule has 1 aliphatic heterocycles. The van der Waals surface area contributed by atoms with Gasteiger partial charge in [-0.2, -0.15) is 0 Å². The number of rotatable bonds is 2. The number of carbonyl (C=O) groups excluding carboxylic acids is 1. The first-order valence-electron chi connectivity index (χ1n) is 7.73. The number of carboxylic acid groups (broad SMARTS) is 1. The summed E-state index contributed by atoms with van der Waals surface area (Å²) in [4.78, 5) is 25.5. The molecule has 1 saturated carbocycles. The highest BCUT2D eigenvalue weighted by molar-refractivity contribution is 5.85. The van der Waals surface area contributed by atoms with Crippen LogP contribution in [0.4, 0.5) is 0 Å². The molecule has 0 aromatic heterocycles. The molecule has 0 spiro atoms. The summed E-state index contributed by atoms with van der Waals surface area (Å²) in [6.45, 7) is 0.631. The molecule has 2 aliphatic rings. The van der Waals surface area contributed by atoms with Crippen LogP contribution in [0.1, 0.15) is 64.2 Å². The topological polar surface area (TPSA) is 57.6 Å². The van der Waals surface area contributed by atoms with E-state index in [1.807, 2.05) is 0 Å². The van der Waals surface area contributed by atoms with E-state index in [1.54, 1.807) is 4.90 Å². The number of carboxylic acids is 1. The molecule has 19 heavy (non-hydrogen) atoms. The van der Waals surface area contributed by atoms with Gasteiger partial charge in [0.1, 0.15) is 6.04 Å². The van der Waals surface area contributed by atoms with Crippen LogP contribution in [0.25, 0.3) is 0 Å². The monoisotopic (exact) mass is 267 g/mol. The van der Waals surface area contributed by atoms with E-state index in [0.717, 1.165) is 38.5 Å². The first kappa shape index (κ1) is 14.4. The number of hydrogen-bond donors (Lipinski definition) is 1. The Morgan fingerprint density at radius 1 is 0.842 bits per heavy atom. The molecule has 1 heterocycles. The van der Waals surface area contributed by atoms with Crippen molar-refractivity contribution >= 4 is 11.9 Å². The maximum absolute atomic E-state index is 12.6. The van der Waals surface area contributed by atoms with Gasteiger partial charge in [0, 0.05) is 12.5 Å². The summed E-state index contributed by atoms with van der Waals surface area (Å²) in [5.41, 5.74) is 0. The summed E-state index contributed by atoms with van der Waals surface area (Å²) in [7, 11) is 0. The molecule has 0 unspecified atom stereocenters. The minimum absolute atomic E-state index is 0.0697. The van der Waals surface area contributed by atoms with Crippen molar-refractivity contribution < 1.29 is 14.7 Å². The first-order valence-corrected chi connectivity index (χ1v) is 7.73. The lowest BCUT2D eigenvalue weighted by Gasteiger charge is -2.35. The lowest BCUT2D eigenvalue weighted by atomic mass is 9.89. The van der Waals surface area contributed by atoms with E-state index in [-0.39, 0.29) is 11.8 Å². The highest BCUT2D eigenvalue weighted by Crippen LogP contribution is 2.27. The van der Waals surface area contributed by atoms with E-state index in [1.165, 1.54) is 19.3 Å². The summed E-state index contributed by atoms with van der Waals surface area (Å²) in [6.07, 6.45) is 10.3. The minimum atomic E-state index is -0.834. The maximum Gasteiger partial charge on any atom is 0.326 e. The van der Waals surface area contributed by atoms with Crippen molar-refractivity contribution in [2.45, 2.75) is 70.3 Å². The van der Waals surface area contributed by atoms with Crippen molar-refractivity contribution in [3.8, 4) is 0 Å². The van der Waals surface area contributed by atoms with E-state index in [9.17, 15) is 14.7 Å². The molecule has 1 saturated heterocycles. The van der Waals surface area contributed by atoms with Crippen LogP contribution < -0.4 is 0 Å². The van der Waals surface area contributed by atoms with Gasteiger partial charge in [-0.05, 0) is 32.1 Å². The quantitative estimate of drug-likeness (QED) is 0.837. The number of aliphatic carboxylic acids is 1. The van der Waals surface area contributed by atoms with Crippen molar-refractivity contribution in [1.29, 1.82) is 0 Å². The van der Waals surface area contributed by atoms with Crippen molar-refractivity contribution in [1.82, 2.24) is 4.90 Å². The normalized spacial score (nSPS) is 26.5. The average Bonchev–Trinajstić information content (AvgIpc) is 2.37. The van der Waals surface area contributed by atoms with Gasteiger partial charge in [0.15, 0.2) is 0 Å². The van der Waals surface area contributed by atoms with Crippen molar-refractivity contribution in [2.75, 3.05) is 6.54 Å². The van der Waals surface area contributed by atoms with Gasteiger partial charge in [0.2, 0.25) is 5.91 Å². The van der Waals surface area contributed by atoms with Crippen LogP contribution in [0.5, 0.6) is 0 Å². The molecule has 1 aliphatic carbocycles. The SMILES string of the molecule is O=C(O)[C@@H]1CCCCN1C(=O)C1CCCCCCC1. The van der Waals surface area contributed by atoms with Crippen LogP contribution in [0.3, 0.4) is 0 Å². The van der Waals surface area contributed by atoms with Gasteiger partial charge in [-0.3, -0.25) is 4.79 Å². The van der Waals surface area contributed by atoms with E-state index >= 15 is 0 Å². The lowest BCUT2D eigenvalue weighted by molar-refractivity contribution is -0.154. The van der Waals surface area contributed by atoms with Crippen molar-refractivity contribution in [3.05, 3.63) is 0 Å². The Morgan fingerprint density at radius 2 is 1.42 bits per heavy atom. The Bertz CT molecular complexity index is 321. The van der Waals surface area contributed by atoms with E-state index in [2.05, 4.69) is 0 Å². The molecule has 0 bridgehead atoms. The highest BCUT2D eigenvalue weighted by atomic mass is 16.4. The van der Waals surface area contributed by atoms with Crippen molar-refractivity contribution in [3.63, 3.8) is 0 Å². The molecule has 0 radical (unpaired) electrons. The zero-order valence-electron chi connectivity index (χ0n) is 11.6. The Hall–Kier alpha value is -1.06. The fourth-order valence-electron chi connectivity index (χ4n) is 3.39. The van der Waals surface area contributed by atoms with Crippen LogP contribution in [-0.2, 0) is 9.59 Å². The molecule has 1 atom stereocenters. The number of likely N-dealkylation sites (tertiary alicyclic amines) is 1. The van der Waals surface area contributed by atoms with E-state index in [0.29, 0.717) is 13.0 Å². The van der Waals surface area contributed by atoms with Gasteiger partial charge in [0.05, 0.1) is 0 Å². The van der Waals surface area contributed by atoms with Crippen molar-refractivity contribution in [2.24, 2.45) is 5.92 Å². The molecule has 4 heteroatoms. The third kappa shape index (κ3) is 3.71. The molecule has 4 nitrogen and oxygen atoms in total. The number of hydrogen-bond acceptors (Lipinski definition) is 2. The Balaban J connectivity index is 2.00. The second-order valence-corrected chi connectivity index (χ2v) is 5.92. The van der Waals surface area contributed by atoms with Gasteiger partial charge in [0.25, 0.3) is 0 Å². The smallest absolute Gasteiger partial charge is 0.326 e. The van der Waals surface area contributed by atoms with Gasteiger partial charge in [-0.1, -0.05) is 32.1 Å². The Labute approximate surface area is 115 Å². The number of amides is 1. The van der Waals surface area contributed by atoms with E-state index in [4.69, 9.17) is 0 Å². The summed E-state index contributed by atoms with van der Waals surface area (Å²) in [6, 6.07) is -0.577. The Morgan fingerprint density at radius 3 is 2.05 bits per heavy atom.